The zero-order chi connectivity index (χ0) is 21.4. The number of aromatic nitrogens is 3. The maximum atomic E-state index is 12.9. The first-order valence-corrected chi connectivity index (χ1v) is 11.7. The summed E-state index contributed by atoms with van der Waals surface area (Å²) >= 11 is 5.05. The van der Waals surface area contributed by atoms with Gasteiger partial charge in [-0.15, -0.1) is 0 Å². The number of hydrogen-bond donors (Lipinski definition) is 2. The van der Waals surface area contributed by atoms with E-state index in [2.05, 4.69) is 42.8 Å². The van der Waals surface area contributed by atoms with E-state index in [0.717, 1.165) is 43.0 Å². The molecule has 0 fully saturated rings. The van der Waals surface area contributed by atoms with Gasteiger partial charge in [0.2, 0.25) is 11.6 Å². The zero-order valence-corrected chi connectivity index (χ0v) is 19.2. The van der Waals surface area contributed by atoms with Crippen molar-refractivity contribution in [2.24, 2.45) is 0 Å². The Labute approximate surface area is 191 Å². The summed E-state index contributed by atoms with van der Waals surface area (Å²) in [5.74, 6) is 0.700. The van der Waals surface area contributed by atoms with Gasteiger partial charge >= 0.3 is 5.16 Å². The molecule has 5 rings (SSSR count). The van der Waals surface area contributed by atoms with Crippen molar-refractivity contribution in [1.29, 1.82) is 0 Å². The van der Waals surface area contributed by atoms with E-state index in [1.54, 1.807) is 6.26 Å². The monoisotopic (exact) mass is 495 g/mol. The standard InChI is InChI=1S/C23H19BrN4O2S/c1-2-20(22(29)25-13-15-6-5-11-30-15)31-23-27-17-10-9-14(24)12-16(17)21-26-18-7-3-4-8-19(18)28(21)23/h3-12,20H,2,13H2,1H3,(H,25,29)/p+1. The molecule has 0 aliphatic rings. The highest BCUT2D eigenvalue weighted by molar-refractivity contribution is 9.10. The summed E-state index contributed by atoms with van der Waals surface area (Å²) in [6, 6.07) is 17.8. The lowest BCUT2D eigenvalue weighted by Gasteiger charge is -2.12. The van der Waals surface area contributed by atoms with Crippen molar-refractivity contribution in [3.05, 3.63) is 71.1 Å². The number of fused-ring (bicyclic) bond motifs is 5. The van der Waals surface area contributed by atoms with E-state index in [0.29, 0.717) is 13.0 Å². The Hall–Kier alpha value is -2.84. The predicted octanol–water partition coefficient (Wildman–Crippen LogP) is 5.00. The first-order valence-electron chi connectivity index (χ1n) is 10.0. The van der Waals surface area contributed by atoms with E-state index in [9.17, 15) is 4.79 Å². The van der Waals surface area contributed by atoms with E-state index < -0.39 is 0 Å². The third kappa shape index (κ3) is 3.81. The fraction of sp³-hybridized carbons (Fsp3) is 0.174. The molecular formula is C23H20BrN4O2S+. The number of para-hydroxylation sites is 2. The summed E-state index contributed by atoms with van der Waals surface area (Å²) in [5, 5.41) is 4.50. The Balaban J connectivity index is 1.57. The molecule has 0 radical (unpaired) electrons. The number of amides is 1. The lowest BCUT2D eigenvalue weighted by molar-refractivity contribution is -0.530. The molecule has 3 heterocycles. The first-order chi connectivity index (χ1) is 15.1. The zero-order valence-electron chi connectivity index (χ0n) is 16.8. The van der Waals surface area contributed by atoms with Crippen LogP contribution in [0.15, 0.2) is 74.9 Å². The molecule has 5 aromatic rings. The molecule has 1 unspecified atom stereocenters. The Morgan fingerprint density at radius 2 is 2.13 bits per heavy atom. The molecule has 6 nitrogen and oxygen atoms in total. The van der Waals surface area contributed by atoms with Gasteiger partial charge in [0.15, 0.2) is 5.52 Å². The SMILES string of the molecule is CCC(Sc1nc2ccc(Br)cc2c2[nH]c3ccccc3[n+]12)C(=O)NCc1ccco1. The molecule has 2 N–H and O–H groups in total. The van der Waals surface area contributed by atoms with Gasteiger partial charge in [-0.25, -0.2) is 0 Å². The van der Waals surface area contributed by atoms with Crippen molar-refractivity contribution in [2.75, 3.05) is 0 Å². The normalized spacial score (nSPS) is 12.6. The molecule has 156 valence electrons. The minimum absolute atomic E-state index is 0.0322. The van der Waals surface area contributed by atoms with Gasteiger partial charge in [0.25, 0.3) is 0 Å². The van der Waals surface area contributed by atoms with Crippen LogP contribution in [0.1, 0.15) is 19.1 Å². The number of carbonyl (C=O) groups is 1. The van der Waals surface area contributed by atoms with Gasteiger partial charge in [0.05, 0.1) is 23.4 Å². The Bertz CT molecular complexity index is 1400. The van der Waals surface area contributed by atoms with Crippen LogP contribution in [0, 0.1) is 0 Å². The van der Waals surface area contributed by atoms with Crippen molar-refractivity contribution in [3.63, 3.8) is 0 Å². The number of rotatable bonds is 6. The number of furan rings is 1. The topological polar surface area (TPSA) is 75.0 Å². The average molecular weight is 496 g/mol. The number of benzene rings is 2. The molecule has 0 bridgehead atoms. The number of halogens is 1. The number of aromatic amines is 1. The second-order valence-corrected chi connectivity index (χ2v) is 9.28. The van der Waals surface area contributed by atoms with Crippen molar-refractivity contribution in [3.8, 4) is 0 Å². The highest BCUT2D eigenvalue weighted by atomic mass is 79.9. The van der Waals surface area contributed by atoms with Gasteiger partial charge in [-0.05, 0) is 60.6 Å². The van der Waals surface area contributed by atoms with Gasteiger partial charge in [0.1, 0.15) is 16.8 Å². The fourth-order valence-electron chi connectivity index (χ4n) is 3.64. The van der Waals surface area contributed by atoms with E-state index in [1.165, 1.54) is 11.8 Å². The van der Waals surface area contributed by atoms with E-state index in [1.807, 2.05) is 49.4 Å². The number of nitrogens with zero attached hydrogens (tertiary/aromatic N) is 2. The van der Waals surface area contributed by atoms with Crippen LogP contribution in [0.5, 0.6) is 0 Å². The number of carbonyl (C=O) groups excluding carboxylic acids is 1. The molecule has 3 aromatic heterocycles. The Morgan fingerprint density at radius 3 is 2.94 bits per heavy atom. The quantitative estimate of drug-likeness (QED) is 0.197. The number of H-pyrrole nitrogens is 1. The summed E-state index contributed by atoms with van der Waals surface area (Å²) in [7, 11) is 0. The first kappa shape index (κ1) is 20.1. The summed E-state index contributed by atoms with van der Waals surface area (Å²) in [6.45, 7) is 2.39. The third-order valence-corrected chi connectivity index (χ3v) is 6.98. The van der Waals surface area contributed by atoms with Crippen LogP contribution in [0.3, 0.4) is 0 Å². The molecule has 0 saturated carbocycles. The van der Waals surface area contributed by atoms with Crippen LogP contribution in [-0.2, 0) is 11.3 Å². The maximum Gasteiger partial charge on any atom is 0.305 e. The van der Waals surface area contributed by atoms with Crippen LogP contribution >= 0.6 is 27.7 Å². The van der Waals surface area contributed by atoms with Gasteiger partial charge in [-0.2, -0.15) is 4.40 Å². The second-order valence-electron chi connectivity index (χ2n) is 7.19. The lowest BCUT2D eigenvalue weighted by atomic mass is 10.2. The van der Waals surface area contributed by atoms with Crippen LogP contribution in [0.25, 0.3) is 27.6 Å². The van der Waals surface area contributed by atoms with Gasteiger partial charge in [0, 0.05) is 4.47 Å². The van der Waals surface area contributed by atoms with E-state index >= 15 is 0 Å². The molecule has 0 aliphatic carbocycles. The number of thioether (sulfide) groups is 1. The highest BCUT2D eigenvalue weighted by Gasteiger charge is 2.27. The van der Waals surface area contributed by atoms with E-state index in [-0.39, 0.29) is 11.2 Å². The molecule has 0 aliphatic heterocycles. The van der Waals surface area contributed by atoms with Gasteiger partial charge in [-0.3, -0.25) is 9.78 Å². The number of hydrogen-bond acceptors (Lipinski definition) is 4. The van der Waals surface area contributed by atoms with Crippen molar-refractivity contribution < 1.29 is 13.6 Å². The minimum atomic E-state index is -0.278. The second kappa shape index (κ2) is 8.36. The molecule has 0 saturated heterocycles. The minimum Gasteiger partial charge on any atom is -0.467 e. The van der Waals surface area contributed by atoms with Crippen LogP contribution in [0.2, 0.25) is 0 Å². The van der Waals surface area contributed by atoms with Gasteiger partial charge < -0.3 is 9.73 Å². The summed E-state index contributed by atoms with van der Waals surface area (Å²) in [5.41, 5.74) is 3.89. The van der Waals surface area contributed by atoms with Crippen LogP contribution in [-0.4, -0.2) is 21.1 Å². The van der Waals surface area contributed by atoms with Crippen LogP contribution in [0.4, 0.5) is 0 Å². The summed E-state index contributed by atoms with van der Waals surface area (Å²) < 4.78 is 8.42. The van der Waals surface area contributed by atoms with Gasteiger partial charge in [-0.1, -0.05) is 40.0 Å². The van der Waals surface area contributed by atoms with Crippen molar-refractivity contribution in [1.82, 2.24) is 15.3 Å². The summed E-state index contributed by atoms with van der Waals surface area (Å²) in [4.78, 5) is 21.4. The molecular weight excluding hydrogens is 476 g/mol. The Kier molecular flexibility index (Phi) is 5.41. The number of nitrogens with one attached hydrogen (secondary N) is 2. The number of imidazole rings is 1. The van der Waals surface area contributed by atoms with Crippen LogP contribution < -0.4 is 9.72 Å². The largest absolute Gasteiger partial charge is 0.467 e. The maximum absolute atomic E-state index is 12.9. The molecule has 8 heteroatoms. The molecule has 1 amide bonds. The average Bonchev–Trinajstić information content (AvgIpc) is 3.44. The van der Waals surface area contributed by atoms with Crippen molar-refractivity contribution >= 4 is 61.2 Å². The fourth-order valence-corrected chi connectivity index (χ4v) is 5.06. The third-order valence-electron chi connectivity index (χ3n) is 5.17. The summed E-state index contributed by atoms with van der Waals surface area (Å²) in [6.07, 6.45) is 2.29. The molecule has 0 spiro atoms. The van der Waals surface area contributed by atoms with Crippen molar-refractivity contribution in [2.45, 2.75) is 30.3 Å². The Morgan fingerprint density at radius 1 is 1.26 bits per heavy atom. The predicted molar refractivity (Wildman–Crippen MR) is 125 cm³/mol. The molecule has 1 atom stereocenters. The lowest BCUT2D eigenvalue weighted by Crippen LogP contribution is -2.34. The molecule has 31 heavy (non-hydrogen) atoms. The smallest absolute Gasteiger partial charge is 0.305 e. The van der Waals surface area contributed by atoms with E-state index in [4.69, 9.17) is 9.40 Å². The highest BCUT2D eigenvalue weighted by Crippen LogP contribution is 2.28. The molecule has 2 aromatic carbocycles.